The maximum absolute atomic E-state index is 13.7. The average Bonchev–Trinajstić information content (AvgIpc) is 2.51. The van der Waals surface area contributed by atoms with E-state index in [1.165, 1.54) is 36.0 Å². The van der Waals surface area contributed by atoms with Gasteiger partial charge in [-0.1, -0.05) is 29.4 Å². The Labute approximate surface area is 133 Å². The Kier molecular flexibility index (Phi) is 4.00. The third-order valence-corrected chi connectivity index (χ3v) is 3.71. The molecule has 0 aliphatic carbocycles. The van der Waals surface area contributed by atoms with E-state index in [9.17, 15) is 9.18 Å². The van der Waals surface area contributed by atoms with E-state index in [0.29, 0.717) is 16.2 Å². The number of pyridine rings is 1. The van der Waals surface area contributed by atoms with Crippen molar-refractivity contribution in [3.63, 3.8) is 0 Å². The van der Waals surface area contributed by atoms with Crippen LogP contribution in [0.2, 0.25) is 5.02 Å². The monoisotopic (exact) mass is 337 g/mol. The number of fused-ring (bicyclic) bond motifs is 1. The highest BCUT2D eigenvalue weighted by Crippen LogP contribution is 2.31. The summed E-state index contributed by atoms with van der Waals surface area (Å²) in [5, 5.41) is 1.18. The number of benzene rings is 1. The van der Waals surface area contributed by atoms with Crippen LogP contribution < -0.4 is 10.3 Å². The summed E-state index contributed by atoms with van der Waals surface area (Å²) in [4.78, 5) is 22.9. The predicted octanol–water partition coefficient (Wildman–Crippen LogP) is 3.62. The molecule has 0 saturated heterocycles. The number of nitrogens with one attached hydrogen (secondary N) is 1. The Morgan fingerprint density at radius 1 is 1.41 bits per heavy atom. The molecule has 0 saturated carbocycles. The lowest BCUT2D eigenvalue weighted by molar-refractivity contribution is 0.437. The molecule has 8 heteroatoms. The Hall–Kier alpha value is -2.12. The number of ether oxygens (including phenoxy) is 1. The first-order valence-electron chi connectivity index (χ1n) is 6.14. The molecule has 0 aliphatic heterocycles. The summed E-state index contributed by atoms with van der Waals surface area (Å²) >= 11 is 7.24. The number of halogens is 2. The van der Waals surface area contributed by atoms with E-state index in [0.717, 1.165) is 0 Å². The van der Waals surface area contributed by atoms with Gasteiger partial charge in [-0.25, -0.2) is 14.4 Å². The van der Waals surface area contributed by atoms with Crippen LogP contribution in [0.25, 0.3) is 11.0 Å². The maximum Gasteiger partial charge on any atom is 0.292 e. The fourth-order valence-electron chi connectivity index (χ4n) is 1.82. The molecule has 112 valence electrons. The summed E-state index contributed by atoms with van der Waals surface area (Å²) in [6.45, 7) is 0. The Bertz CT molecular complexity index is 896. The van der Waals surface area contributed by atoms with Gasteiger partial charge in [-0.3, -0.25) is 4.79 Å². The molecule has 0 spiro atoms. The molecule has 0 atom stereocenters. The number of hydrogen-bond acceptors (Lipinski definition) is 5. The highest BCUT2D eigenvalue weighted by atomic mass is 35.5. The number of hydrogen-bond donors (Lipinski definition) is 1. The zero-order valence-corrected chi connectivity index (χ0v) is 12.8. The normalized spacial score (nSPS) is 10.9. The number of thioether (sulfide) groups is 1. The zero-order chi connectivity index (χ0) is 15.7. The highest BCUT2D eigenvalue weighted by Gasteiger charge is 2.13. The van der Waals surface area contributed by atoms with Gasteiger partial charge in [-0.05, 0) is 24.5 Å². The minimum atomic E-state index is -0.652. The smallest absolute Gasteiger partial charge is 0.292 e. The van der Waals surface area contributed by atoms with Crippen molar-refractivity contribution in [2.75, 3.05) is 6.26 Å². The van der Waals surface area contributed by atoms with Gasteiger partial charge in [0.15, 0.2) is 22.5 Å². The molecule has 0 unspecified atom stereocenters. The molecule has 0 aliphatic rings. The Balaban J connectivity index is 2.08. The fraction of sp³-hybridized carbons (Fsp3) is 0.0714. The molecular weight excluding hydrogens is 329 g/mol. The molecule has 0 fully saturated rings. The molecular formula is C14H9ClFN3O2S. The summed E-state index contributed by atoms with van der Waals surface area (Å²) in [7, 11) is 0. The van der Waals surface area contributed by atoms with E-state index >= 15 is 0 Å². The van der Waals surface area contributed by atoms with Crippen molar-refractivity contribution in [3.8, 4) is 11.5 Å². The standard InChI is InChI=1S/C14H9ClFN3O2S/c1-22-14-17-6-7-5-10(13(20)18-12(7)19-14)21-11-8(15)3-2-4-9(11)16/h2-6H,1H3,(H,17,18,19,20). The van der Waals surface area contributed by atoms with Gasteiger partial charge in [-0.2, -0.15) is 0 Å². The second kappa shape index (κ2) is 5.94. The molecule has 5 nitrogen and oxygen atoms in total. The lowest BCUT2D eigenvalue weighted by Gasteiger charge is -2.08. The van der Waals surface area contributed by atoms with Crippen molar-refractivity contribution in [1.82, 2.24) is 15.0 Å². The minimum Gasteiger partial charge on any atom is -0.447 e. The summed E-state index contributed by atoms with van der Waals surface area (Å²) in [6.07, 6.45) is 3.39. The van der Waals surface area contributed by atoms with Gasteiger partial charge in [-0.15, -0.1) is 0 Å². The van der Waals surface area contributed by atoms with Crippen LogP contribution in [0.1, 0.15) is 0 Å². The van der Waals surface area contributed by atoms with E-state index in [1.807, 2.05) is 6.26 Å². The van der Waals surface area contributed by atoms with E-state index in [2.05, 4.69) is 15.0 Å². The molecule has 0 amide bonds. The number of aromatic nitrogens is 3. The molecule has 3 rings (SSSR count). The quantitative estimate of drug-likeness (QED) is 0.584. The van der Waals surface area contributed by atoms with Crippen LogP contribution in [0.5, 0.6) is 11.5 Å². The van der Waals surface area contributed by atoms with E-state index in [-0.39, 0.29) is 16.5 Å². The molecule has 2 heterocycles. The van der Waals surface area contributed by atoms with Gasteiger partial charge in [0.1, 0.15) is 5.65 Å². The second-order valence-corrected chi connectivity index (χ2v) is 5.46. The second-order valence-electron chi connectivity index (χ2n) is 4.28. The molecule has 2 aromatic heterocycles. The lowest BCUT2D eigenvalue weighted by Crippen LogP contribution is -2.10. The molecule has 0 bridgehead atoms. The van der Waals surface area contributed by atoms with Crippen LogP contribution in [-0.4, -0.2) is 21.2 Å². The van der Waals surface area contributed by atoms with E-state index < -0.39 is 11.4 Å². The van der Waals surface area contributed by atoms with Crippen LogP contribution in [0.3, 0.4) is 0 Å². The number of nitrogens with zero attached hydrogens (tertiary/aromatic N) is 2. The zero-order valence-electron chi connectivity index (χ0n) is 11.3. The summed E-state index contributed by atoms with van der Waals surface area (Å²) in [5.74, 6) is -0.934. The van der Waals surface area contributed by atoms with Crippen LogP contribution in [0.4, 0.5) is 4.39 Å². The lowest BCUT2D eigenvalue weighted by atomic mass is 10.3. The molecule has 0 radical (unpaired) electrons. The SMILES string of the molecule is CSc1ncc2cc(Oc3c(F)cccc3Cl)c(=O)[nH]c2n1. The average molecular weight is 338 g/mol. The summed E-state index contributed by atoms with van der Waals surface area (Å²) < 4.78 is 19.1. The third-order valence-electron chi connectivity index (χ3n) is 2.85. The van der Waals surface area contributed by atoms with Gasteiger partial charge in [0, 0.05) is 11.6 Å². The number of H-pyrrole nitrogens is 1. The Morgan fingerprint density at radius 3 is 2.95 bits per heavy atom. The topological polar surface area (TPSA) is 67.9 Å². The highest BCUT2D eigenvalue weighted by molar-refractivity contribution is 7.98. The largest absolute Gasteiger partial charge is 0.447 e. The third kappa shape index (κ3) is 2.77. The number of rotatable bonds is 3. The van der Waals surface area contributed by atoms with Crippen molar-refractivity contribution < 1.29 is 9.13 Å². The van der Waals surface area contributed by atoms with Crippen LogP contribution in [-0.2, 0) is 0 Å². The van der Waals surface area contributed by atoms with Crippen LogP contribution in [0, 0.1) is 5.82 Å². The minimum absolute atomic E-state index is 0.0773. The van der Waals surface area contributed by atoms with Crippen molar-refractivity contribution >= 4 is 34.4 Å². The first-order chi connectivity index (χ1) is 10.6. The molecule has 3 aromatic rings. The Morgan fingerprint density at radius 2 is 2.23 bits per heavy atom. The van der Waals surface area contributed by atoms with Gasteiger partial charge in [0.2, 0.25) is 0 Å². The van der Waals surface area contributed by atoms with Crippen molar-refractivity contribution in [2.24, 2.45) is 0 Å². The van der Waals surface area contributed by atoms with Crippen LogP contribution >= 0.6 is 23.4 Å². The van der Waals surface area contributed by atoms with Crippen molar-refractivity contribution in [2.45, 2.75) is 5.16 Å². The van der Waals surface area contributed by atoms with E-state index in [1.54, 1.807) is 6.20 Å². The van der Waals surface area contributed by atoms with Gasteiger partial charge < -0.3 is 9.72 Å². The fourth-order valence-corrected chi connectivity index (χ4v) is 2.36. The number of para-hydroxylation sites is 1. The molecule has 1 aromatic carbocycles. The molecule has 1 N–H and O–H groups in total. The predicted molar refractivity (Wildman–Crippen MR) is 83.4 cm³/mol. The number of aromatic amines is 1. The van der Waals surface area contributed by atoms with E-state index in [4.69, 9.17) is 16.3 Å². The van der Waals surface area contributed by atoms with Crippen molar-refractivity contribution in [1.29, 1.82) is 0 Å². The van der Waals surface area contributed by atoms with Crippen LogP contribution in [0.15, 0.2) is 40.4 Å². The summed E-state index contributed by atoms with van der Waals surface area (Å²) in [6, 6.07) is 5.57. The molecule has 22 heavy (non-hydrogen) atoms. The first-order valence-corrected chi connectivity index (χ1v) is 7.74. The van der Waals surface area contributed by atoms with Crippen molar-refractivity contribution in [3.05, 3.63) is 51.7 Å². The van der Waals surface area contributed by atoms with Gasteiger partial charge in [0.05, 0.1) is 5.02 Å². The van der Waals surface area contributed by atoms with Gasteiger partial charge in [0.25, 0.3) is 5.56 Å². The first kappa shape index (κ1) is 14.8. The van der Waals surface area contributed by atoms with Gasteiger partial charge >= 0.3 is 0 Å². The summed E-state index contributed by atoms with van der Waals surface area (Å²) in [5.41, 5.74) is -0.145. The maximum atomic E-state index is 13.7.